The van der Waals surface area contributed by atoms with Crippen molar-refractivity contribution in [2.75, 3.05) is 33.8 Å². The van der Waals surface area contributed by atoms with Crippen LogP contribution in [0.4, 0.5) is 0 Å². The number of nitrogens with zero attached hydrogens (tertiary/aromatic N) is 2. The van der Waals surface area contributed by atoms with E-state index in [1.165, 1.54) is 24.9 Å². The molecule has 0 aliphatic carbocycles. The third-order valence-corrected chi connectivity index (χ3v) is 4.01. The third kappa shape index (κ3) is 5.17. The summed E-state index contributed by atoms with van der Waals surface area (Å²) in [6, 6.07) is 9.13. The van der Waals surface area contributed by atoms with Crippen molar-refractivity contribution in [2.45, 2.75) is 31.8 Å². The molecule has 1 aliphatic rings. The number of piperidine rings is 1. The van der Waals surface area contributed by atoms with E-state index in [1.807, 2.05) is 6.07 Å². The predicted molar refractivity (Wildman–Crippen MR) is 87.0 cm³/mol. The molecule has 1 aliphatic heterocycles. The minimum atomic E-state index is 0.131. The molecule has 1 N–H and O–H groups in total. The molecule has 0 aromatic heterocycles. The molecule has 1 aromatic carbocycles. The first kappa shape index (κ1) is 16.0. The van der Waals surface area contributed by atoms with Crippen LogP contribution < -0.4 is 0 Å². The molecule has 2 rings (SSSR count). The summed E-state index contributed by atoms with van der Waals surface area (Å²) in [5.41, 5.74) is 2.37. The molecule has 1 fully saturated rings. The van der Waals surface area contributed by atoms with E-state index in [0.717, 1.165) is 18.7 Å². The topological polar surface area (TPSA) is 26.7 Å². The second-order valence-electron chi connectivity index (χ2n) is 5.97. The maximum absolute atomic E-state index is 8.77. The van der Waals surface area contributed by atoms with Crippen LogP contribution in [0.2, 0.25) is 0 Å². The van der Waals surface area contributed by atoms with Crippen LogP contribution in [-0.4, -0.2) is 54.7 Å². The number of aliphatic hydroxyl groups is 1. The fraction of sp³-hybridized carbons (Fsp3) is 0.556. The van der Waals surface area contributed by atoms with Crippen LogP contribution in [-0.2, 0) is 6.54 Å². The molecular weight excluding hydrogens is 260 g/mol. The van der Waals surface area contributed by atoms with Gasteiger partial charge in [0.15, 0.2) is 0 Å². The van der Waals surface area contributed by atoms with Gasteiger partial charge in [-0.05, 0) is 51.2 Å². The van der Waals surface area contributed by atoms with Gasteiger partial charge in [0, 0.05) is 31.1 Å². The summed E-state index contributed by atoms with van der Waals surface area (Å²) in [4.78, 5) is 4.87. The Morgan fingerprint density at radius 3 is 3.00 bits per heavy atom. The van der Waals surface area contributed by atoms with Crippen molar-refractivity contribution in [3.05, 3.63) is 35.4 Å². The molecule has 114 valence electrons. The smallest absolute Gasteiger partial charge is 0.0540 e. The number of benzene rings is 1. The van der Waals surface area contributed by atoms with Gasteiger partial charge < -0.3 is 10.0 Å². The van der Waals surface area contributed by atoms with Crippen LogP contribution in [0.1, 0.15) is 30.4 Å². The molecule has 21 heavy (non-hydrogen) atoms. The van der Waals surface area contributed by atoms with Crippen molar-refractivity contribution < 1.29 is 5.11 Å². The van der Waals surface area contributed by atoms with Gasteiger partial charge in [-0.1, -0.05) is 24.0 Å². The second kappa shape index (κ2) is 8.19. The van der Waals surface area contributed by atoms with Crippen molar-refractivity contribution in [3.63, 3.8) is 0 Å². The zero-order chi connectivity index (χ0) is 15.1. The lowest BCUT2D eigenvalue weighted by atomic mass is 10.0. The Bertz CT molecular complexity index is 501. The Kier molecular flexibility index (Phi) is 6.25. The molecule has 1 heterocycles. The molecule has 1 saturated heterocycles. The van der Waals surface area contributed by atoms with Gasteiger partial charge in [-0.3, -0.25) is 4.90 Å². The summed E-state index contributed by atoms with van der Waals surface area (Å²) in [7, 11) is 4.34. The summed E-state index contributed by atoms with van der Waals surface area (Å²) >= 11 is 0. The lowest BCUT2D eigenvalue weighted by Crippen LogP contribution is -2.44. The van der Waals surface area contributed by atoms with E-state index in [2.05, 4.69) is 53.9 Å². The minimum Gasteiger partial charge on any atom is -0.395 e. The summed E-state index contributed by atoms with van der Waals surface area (Å²) < 4.78 is 0. The van der Waals surface area contributed by atoms with Gasteiger partial charge in [-0.25, -0.2) is 0 Å². The lowest BCUT2D eigenvalue weighted by Gasteiger charge is -2.36. The lowest BCUT2D eigenvalue weighted by molar-refractivity contribution is 0.128. The fourth-order valence-electron chi connectivity index (χ4n) is 2.82. The first-order valence-corrected chi connectivity index (χ1v) is 7.76. The van der Waals surface area contributed by atoms with Gasteiger partial charge >= 0.3 is 0 Å². The molecule has 0 bridgehead atoms. The Balaban J connectivity index is 1.96. The Hall–Kier alpha value is -1.34. The normalized spacial score (nSPS) is 19.3. The van der Waals surface area contributed by atoms with Crippen molar-refractivity contribution in [2.24, 2.45) is 0 Å². The highest BCUT2D eigenvalue weighted by Gasteiger charge is 2.21. The van der Waals surface area contributed by atoms with Crippen LogP contribution in [0, 0.1) is 11.8 Å². The van der Waals surface area contributed by atoms with Crippen LogP contribution >= 0.6 is 0 Å². The first-order chi connectivity index (χ1) is 10.2. The molecule has 1 atom stereocenters. The summed E-state index contributed by atoms with van der Waals surface area (Å²) in [5, 5.41) is 8.77. The largest absolute Gasteiger partial charge is 0.395 e. The van der Waals surface area contributed by atoms with Crippen molar-refractivity contribution >= 4 is 0 Å². The third-order valence-electron chi connectivity index (χ3n) is 4.01. The maximum Gasteiger partial charge on any atom is 0.0540 e. The van der Waals surface area contributed by atoms with E-state index >= 15 is 0 Å². The van der Waals surface area contributed by atoms with Crippen LogP contribution in [0.15, 0.2) is 24.3 Å². The van der Waals surface area contributed by atoms with Gasteiger partial charge in [-0.2, -0.15) is 0 Å². The number of likely N-dealkylation sites (N-methyl/N-ethyl adjacent to an activating group) is 1. The summed E-state index contributed by atoms with van der Waals surface area (Å²) in [5.74, 6) is 6.10. The van der Waals surface area contributed by atoms with E-state index in [4.69, 9.17) is 5.11 Å². The van der Waals surface area contributed by atoms with Crippen molar-refractivity contribution in [3.8, 4) is 11.8 Å². The van der Waals surface area contributed by atoms with E-state index in [9.17, 15) is 0 Å². The molecule has 0 amide bonds. The monoisotopic (exact) mass is 286 g/mol. The Morgan fingerprint density at radius 2 is 2.24 bits per heavy atom. The van der Waals surface area contributed by atoms with Crippen LogP contribution in [0.3, 0.4) is 0 Å². The number of aliphatic hydroxyl groups excluding tert-OH is 1. The molecule has 3 heteroatoms. The predicted octanol–water partition coefficient (Wildman–Crippen LogP) is 1.95. The summed E-state index contributed by atoms with van der Waals surface area (Å²) in [6.07, 6.45) is 3.12. The summed E-state index contributed by atoms with van der Waals surface area (Å²) in [6.45, 7) is 3.46. The quantitative estimate of drug-likeness (QED) is 0.857. The van der Waals surface area contributed by atoms with Gasteiger partial charge in [0.1, 0.15) is 0 Å². The fourth-order valence-corrected chi connectivity index (χ4v) is 2.82. The van der Waals surface area contributed by atoms with E-state index in [1.54, 1.807) is 0 Å². The average molecular weight is 286 g/mol. The molecule has 1 unspecified atom stereocenters. The highest BCUT2D eigenvalue weighted by molar-refractivity contribution is 5.37. The second-order valence-corrected chi connectivity index (χ2v) is 5.97. The van der Waals surface area contributed by atoms with Crippen molar-refractivity contribution in [1.82, 2.24) is 9.80 Å². The van der Waals surface area contributed by atoms with Crippen LogP contribution in [0.5, 0.6) is 0 Å². The minimum absolute atomic E-state index is 0.131. The zero-order valence-corrected chi connectivity index (χ0v) is 13.2. The van der Waals surface area contributed by atoms with Crippen LogP contribution in [0.25, 0.3) is 0 Å². The van der Waals surface area contributed by atoms with Gasteiger partial charge in [0.05, 0.1) is 6.61 Å². The van der Waals surface area contributed by atoms with Gasteiger partial charge in [0.2, 0.25) is 0 Å². The number of rotatable bonds is 4. The highest BCUT2D eigenvalue weighted by Crippen LogP contribution is 2.16. The Labute approximate surface area is 128 Å². The molecule has 0 radical (unpaired) electrons. The molecular formula is C18H26N2O. The van der Waals surface area contributed by atoms with E-state index in [-0.39, 0.29) is 6.61 Å². The molecule has 0 spiro atoms. The number of hydrogen-bond acceptors (Lipinski definition) is 3. The molecule has 0 saturated carbocycles. The Morgan fingerprint density at radius 1 is 1.38 bits per heavy atom. The maximum atomic E-state index is 8.77. The number of hydrogen-bond donors (Lipinski definition) is 1. The van der Waals surface area contributed by atoms with Gasteiger partial charge in [-0.15, -0.1) is 0 Å². The zero-order valence-electron chi connectivity index (χ0n) is 13.2. The van der Waals surface area contributed by atoms with Gasteiger partial charge in [0.25, 0.3) is 0 Å². The first-order valence-electron chi connectivity index (χ1n) is 7.76. The van der Waals surface area contributed by atoms with E-state index in [0.29, 0.717) is 12.5 Å². The molecule has 1 aromatic rings. The standard InChI is InChI=1S/C18H26N2O/c1-19(2)18-10-6-11-20(15-18)14-17-9-5-8-16(13-17)7-3-4-12-21/h5,8-9,13,18,21H,4,6,10-12,14-15H2,1-2H3. The number of likely N-dealkylation sites (tertiary alicyclic amines) is 1. The molecule has 3 nitrogen and oxygen atoms in total. The average Bonchev–Trinajstić information content (AvgIpc) is 2.48. The van der Waals surface area contributed by atoms with Crippen molar-refractivity contribution in [1.29, 1.82) is 0 Å². The van der Waals surface area contributed by atoms with E-state index < -0.39 is 0 Å². The SMILES string of the molecule is CN(C)C1CCCN(Cc2cccc(C#CCCO)c2)C1. The highest BCUT2D eigenvalue weighted by atomic mass is 16.2.